The molecule has 4 heteroatoms. The van der Waals surface area contributed by atoms with Crippen molar-refractivity contribution in [1.29, 1.82) is 5.41 Å². The smallest absolute Gasteiger partial charge is 0.208 e. The van der Waals surface area contributed by atoms with Crippen molar-refractivity contribution < 1.29 is 9.53 Å². The standard InChI is InChI=1S/C12H14N2O2/c13-6-9(8-4-2-1-3-5-8)11(14)12(15)10-7-16-10/h1-5,9-10,14H,6-7,13H2. The number of hydrogen-bond donors (Lipinski definition) is 2. The molecule has 0 bridgehead atoms. The van der Waals surface area contributed by atoms with Crippen molar-refractivity contribution >= 4 is 11.5 Å². The second kappa shape index (κ2) is 4.55. The lowest BCUT2D eigenvalue weighted by Crippen LogP contribution is -2.30. The van der Waals surface area contributed by atoms with E-state index in [1.165, 1.54) is 0 Å². The zero-order chi connectivity index (χ0) is 11.5. The van der Waals surface area contributed by atoms with Crippen LogP contribution in [0.1, 0.15) is 11.5 Å². The van der Waals surface area contributed by atoms with Gasteiger partial charge in [-0.1, -0.05) is 30.3 Å². The van der Waals surface area contributed by atoms with E-state index in [1.807, 2.05) is 30.3 Å². The van der Waals surface area contributed by atoms with Gasteiger partial charge < -0.3 is 15.9 Å². The molecule has 2 unspecified atom stereocenters. The maximum atomic E-state index is 11.7. The first-order chi connectivity index (χ1) is 7.74. The second-order valence-electron chi connectivity index (χ2n) is 3.80. The Labute approximate surface area is 93.9 Å². The van der Waals surface area contributed by atoms with Gasteiger partial charge >= 0.3 is 0 Å². The van der Waals surface area contributed by atoms with Crippen LogP contribution in [0.2, 0.25) is 0 Å². The highest BCUT2D eigenvalue weighted by Gasteiger charge is 2.36. The summed E-state index contributed by atoms with van der Waals surface area (Å²) in [7, 11) is 0. The van der Waals surface area contributed by atoms with E-state index in [2.05, 4.69) is 0 Å². The first kappa shape index (κ1) is 11.0. The fraction of sp³-hybridized carbons (Fsp3) is 0.333. The fourth-order valence-electron chi connectivity index (χ4n) is 1.65. The lowest BCUT2D eigenvalue weighted by molar-refractivity contribution is -0.114. The van der Waals surface area contributed by atoms with Crippen molar-refractivity contribution in [2.24, 2.45) is 5.73 Å². The summed E-state index contributed by atoms with van der Waals surface area (Å²) in [5.74, 6) is -0.558. The molecule has 1 fully saturated rings. The molecule has 1 aliphatic heterocycles. The molecule has 2 rings (SSSR count). The molecule has 1 aliphatic rings. The van der Waals surface area contributed by atoms with E-state index >= 15 is 0 Å². The molecular weight excluding hydrogens is 204 g/mol. The van der Waals surface area contributed by atoms with Gasteiger partial charge in [0.05, 0.1) is 12.3 Å². The predicted molar refractivity (Wildman–Crippen MR) is 60.7 cm³/mol. The summed E-state index contributed by atoms with van der Waals surface area (Å²) in [5.41, 5.74) is 6.59. The highest BCUT2D eigenvalue weighted by molar-refractivity contribution is 6.42. The molecule has 0 aliphatic carbocycles. The molecule has 3 N–H and O–H groups in total. The number of ketones is 1. The fourth-order valence-corrected chi connectivity index (χ4v) is 1.65. The van der Waals surface area contributed by atoms with Crippen LogP contribution in [-0.2, 0) is 9.53 Å². The number of Topliss-reactive ketones (excluding diaryl/α,β-unsaturated/α-hetero) is 1. The van der Waals surface area contributed by atoms with E-state index in [9.17, 15) is 4.79 Å². The highest BCUT2D eigenvalue weighted by Crippen LogP contribution is 2.20. The van der Waals surface area contributed by atoms with Crippen molar-refractivity contribution in [1.82, 2.24) is 0 Å². The molecule has 0 radical (unpaired) electrons. The van der Waals surface area contributed by atoms with Crippen molar-refractivity contribution in [2.75, 3.05) is 13.2 Å². The van der Waals surface area contributed by atoms with Crippen LogP contribution in [0.15, 0.2) is 30.3 Å². The third-order valence-corrected chi connectivity index (χ3v) is 2.68. The van der Waals surface area contributed by atoms with Crippen LogP contribution >= 0.6 is 0 Å². The van der Waals surface area contributed by atoms with E-state index in [-0.39, 0.29) is 24.0 Å². The molecule has 16 heavy (non-hydrogen) atoms. The average Bonchev–Trinajstić information content (AvgIpc) is 3.14. The van der Waals surface area contributed by atoms with Crippen LogP contribution in [-0.4, -0.2) is 30.8 Å². The van der Waals surface area contributed by atoms with Crippen molar-refractivity contribution in [3.8, 4) is 0 Å². The van der Waals surface area contributed by atoms with Crippen LogP contribution < -0.4 is 5.73 Å². The number of benzene rings is 1. The van der Waals surface area contributed by atoms with Gasteiger partial charge in [-0.05, 0) is 5.56 Å². The van der Waals surface area contributed by atoms with Crippen LogP contribution in [0.3, 0.4) is 0 Å². The molecule has 4 nitrogen and oxygen atoms in total. The molecule has 0 spiro atoms. The Bertz CT molecular complexity index is 399. The summed E-state index contributed by atoms with van der Waals surface area (Å²) < 4.78 is 4.89. The van der Waals surface area contributed by atoms with Gasteiger partial charge in [0, 0.05) is 12.5 Å². The minimum Gasteiger partial charge on any atom is -0.364 e. The van der Waals surface area contributed by atoms with Crippen molar-refractivity contribution in [2.45, 2.75) is 12.0 Å². The Morgan fingerprint density at radius 3 is 2.62 bits per heavy atom. The molecule has 2 atom stereocenters. The summed E-state index contributed by atoms with van der Waals surface area (Å²) >= 11 is 0. The van der Waals surface area contributed by atoms with Crippen LogP contribution in [0.4, 0.5) is 0 Å². The minimum absolute atomic E-state index is 0.0520. The SMILES string of the molecule is N=C(C(=O)C1CO1)C(CN)c1ccccc1. The number of carbonyl (C=O) groups excluding carboxylic acids is 1. The van der Waals surface area contributed by atoms with Gasteiger partial charge in [-0.15, -0.1) is 0 Å². The molecule has 1 saturated heterocycles. The Hall–Kier alpha value is -1.52. The molecule has 0 aromatic heterocycles. The Kier molecular flexibility index (Phi) is 3.12. The summed E-state index contributed by atoms with van der Waals surface area (Å²) in [4.78, 5) is 11.7. The normalized spacial score (nSPS) is 20.2. The third kappa shape index (κ3) is 2.18. The molecule has 84 valence electrons. The molecular formula is C12H14N2O2. The first-order valence-corrected chi connectivity index (χ1v) is 5.23. The summed E-state index contributed by atoms with van der Waals surface area (Å²) in [6.07, 6.45) is -0.398. The third-order valence-electron chi connectivity index (χ3n) is 2.68. The zero-order valence-corrected chi connectivity index (χ0v) is 8.85. The van der Waals surface area contributed by atoms with Gasteiger partial charge in [0.15, 0.2) is 0 Å². The second-order valence-corrected chi connectivity index (χ2v) is 3.80. The number of rotatable bonds is 5. The van der Waals surface area contributed by atoms with Crippen LogP contribution in [0, 0.1) is 5.41 Å². The maximum absolute atomic E-state index is 11.7. The van der Waals surface area contributed by atoms with E-state index < -0.39 is 6.10 Å². The Balaban J connectivity index is 2.16. The van der Waals surface area contributed by atoms with Gasteiger partial charge in [0.25, 0.3) is 0 Å². The number of hydrogen-bond acceptors (Lipinski definition) is 4. The van der Waals surface area contributed by atoms with Gasteiger partial charge in [-0.2, -0.15) is 0 Å². The lowest BCUT2D eigenvalue weighted by atomic mass is 9.91. The largest absolute Gasteiger partial charge is 0.364 e. The van der Waals surface area contributed by atoms with Crippen molar-refractivity contribution in [3.05, 3.63) is 35.9 Å². The molecule has 0 saturated carbocycles. The summed E-state index contributed by atoms with van der Waals surface area (Å²) in [5, 5.41) is 7.85. The Morgan fingerprint density at radius 1 is 1.50 bits per heavy atom. The molecule has 1 heterocycles. The quantitative estimate of drug-likeness (QED) is 0.564. The lowest BCUT2D eigenvalue weighted by Gasteiger charge is -2.14. The van der Waals surface area contributed by atoms with E-state index in [0.717, 1.165) is 5.56 Å². The number of ether oxygens (including phenoxy) is 1. The van der Waals surface area contributed by atoms with E-state index in [4.69, 9.17) is 15.9 Å². The van der Waals surface area contributed by atoms with Gasteiger partial charge in [-0.25, -0.2) is 0 Å². The number of nitrogens with one attached hydrogen (secondary N) is 1. The first-order valence-electron chi connectivity index (χ1n) is 5.23. The van der Waals surface area contributed by atoms with E-state index in [0.29, 0.717) is 6.61 Å². The molecule has 0 amide bonds. The minimum atomic E-state index is -0.398. The number of carbonyl (C=O) groups is 1. The zero-order valence-electron chi connectivity index (χ0n) is 8.85. The van der Waals surface area contributed by atoms with Crippen molar-refractivity contribution in [3.63, 3.8) is 0 Å². The monoisotopic (exact) mass is 218 g/mol. The number of nitrogens with two attached hydrogens (primary N) is 1. The van der Waals surface area contributed by atoms with Crippen LogP contribution in [0.5, 0.6) is 0 Å². The molecule has 1 aromatic rings. The van der Waals surface area contributed by atoms with E-state index in [1.54, 1.807) is 0 Å². The highest BCUT2D eigenvalue weighted by atomic mass is 16.6. The van der Waals surface area contributed by atoms with Gasteiger partial charge in [0.2, 0.25) is 5.78 Å². The van der Waals surface area contributed by atoms with Gasteiger partial charge in [-0.3, -0.25) is 4.79 Å². The maximum Gasteiger partial charge on any atom is 0.208 e. The average molecular weight is 218 g/mol. The summed E-state index contributed by atoms with van der Waals surface area (Å²) in [6.45, 7) is 0.703. The molecule has 1 aromatic carbocycles. The predicted octanol–water partition coefficient (Wildman–Crippen LogP) is 0.717. The van der Waals surface area contributed by atoms with Crippen LogP contribution in [0.25, 0.3) is 0 Å². The number of epoxide rings is 1. The summed E-state index contributed by atoms with van der Waals surface area (Å²) in [6, 6.07) is 9.42. The van der Waals surface area contributed by atoms with Gasteiger partial charge in [0.1, 0.15) is 6.10 Å². The Morgan fingerprint density at radius 2 is 2.12 bits per heavy atom. The topological polar surface area (TPSA) is 79.5 Å².